The van der Waals surface area contributed by atoms with Crippen molar-refractivity contribution in [2.75, 3.05) is 6.61 Å². The number of epoxide rings is 1. The zero-order chi connectivity index (χ0) is 10.8. The van der Waals surface area contributed by atoms with Gasteiger partial charge in [0.1, 0.15) is 17.6 Å². The third-order valence-electron chi connectivity index (χ3n) is 2.57. The van der Waals surface area contributed by atoms with E-state index in [2.05, 4.69) is 6.07 Å². The molecule has 3 rings (SSSR count). The first-order valence-corrected chi connectivity index (χ1v) is 5.37. The van der Waals surface area contributed by atoms with Gasteiger partial charge in [-0.1, -0.05) is 36.4 Å². The Morgan fingerprint density at radius 3 is 2.38 bits per heavy atom. The fourth-order valence-corrected chi connectivity index (χ4v) is 1.68. The predicted molar refractivity (Wildman–Crippen MR) is 61.7 cm³/mol. The third kappa shape index (κ3) is 1.92. The van der Waals surface area contributed by atoms with Crippen LogP contribution in [0, 0.1) is 0 Å². The van der Waals surface area contributed by atoms with E-state index in [4.69, 9.17) is 9.47 Å². The first-order chi connectivity index (χ1) is 7.93. The van der Waals surface area contributed by atoms with Crippen LogP contribution in [-0.4, -0.2) is 6.61 Å². The van der Waals surface area contributed by atoms with Crippen LogP contribution in [0.15, 0.2) is 54.6 Å². The fraction of sp³-hybridized carbons (Fsp3) is 0.143. The molecule has 16 heavy (non-hydrogen) atoms. The Balaban J connectivity index is 1.89. The summed E-state index contributed by atoms with van der Waals surface area (Å²) in [5.74, 6) is 1.74. The number of rotatable bonds is 3. The highest BCUT2D eigenvalue weighted by Gasteiger charge is 2.27. The van der Waals surface area contributed by atoms with Crippen molar-refractivity contribution in [1.29, 1.82) is 0 Å². The summed E-state index contributed by atoms with van der Waals surface area (Å²) in [6.45, 7) is 0.801. The average Bonchev–Trinajstić information content (AvgIpc) is 3.15. The van der Waals surface area contributed by atoms with Gasteiger partial charge >= 0.3 is 0 Å². The largest absolute Gasteiger partial charge is 0.457 e. The van der Waals surface area contributed by atoms with Crippen molar-refractivity contribution >= 4 is 0 Å². The number of ether oxygens (including phenoxy) is 2. The smallest absolute Gasteiger partial charge is 0.133 e. The minimum absolute atomic E-state index is 0.222. The summed E-state index contributed by atoms with van der Waals surface area (Å²) in [6.07, 6.45) is 0.222. The summed E-state index contributed by atoms with van der Waals surface area (Å²) in [5.41, 5.74) is 1.13. The standard InChI is InChI=1S/C14H12O2/c1-2-6-11(7-3-1)16-13-9-5-4-8-12(13)14-10-15-14/h1-9,14H,10H2. The van der Waals surface area contributed by atoms with E-state index in [1.165, 1.54) is 0 Å². The lowest BCUT2D eigenvalue weighted by Gasteiger charge is -2.09. The molecule has 80 valence electrons. The highest BCUT2D eigenvalue weighted by atomic mass is 16.6. The maximum Gasteiger partial charge on any atom is 0.133 e. The molecule has 2 aromatic carbocycles. The lowest BCUT2D eigenvalue weighted by atomic mass is 10.1. The SMILES string of the molecule is c1ccc(Oc2ccccc2C2CO2)cc1. The van der Waals surface area contributed by atoms with E-state index in [0.717, 1.165) is 23.7 Å². The van der Waals surface area contributed by atoms with Crippen LogP contribution in [0.4, 0.5) is 0 Å². The van der Waals surface area contributed by atoms with Gasteiger partial charge in [0.25, 0.3) is 0 Å². The second-order valence-electron chi connectivity index (χ2n) is 3.77. The molecule has 0 aromatic heterocycles. The van der Waals surface area contributed by atoms with Gasteiger partial charge in [0.2, 0.25) is 0 Å². The maximum absolute atomic E-state index is 5.83. The van der Waals surface area contributed by atoms with Gasteiger partial charge in [-0.2, -0.15) is 0 Å². The normalized spacial score (nSPS) is 18.1. The summed E-state index contributed by atoms with van der Waals surface area (Å²) < 4.78 is 11.1. The highest BCUT2D eigenvalue weighted by molar-refractivity contribution is 5.40. The summed E-state index contributed by atoms with van der Waals surface area (Å²) in [6, 6.07) is 17.8. The summed E-state index contributed by atoms with van der Waals surface area (Å²) in [7, 11) is 0. The molecule has 2 heteroatoms. The molecule has 0 radical (unpaired) electrons. The van der Waals surface area contributed by atoms with Crippen molar-refractivity contribution in [2.24, 2.45) is 0 Å². The van der Waals surface area contributed by atoms with Gasteiger partial charge in [0.15, 0.2) is 0 Å². The minimum Gasteiger partial charge on any atom is -0.457 e. The maximum atomic E-state index is 5.83. The summed E-state index contributed by atoms with van der Waals surface area (Å²) in [4.78, 5) is 0. The van der Waals surface area contributed by atoms with Crippen LogP contribution >= 0.6 is 0 Å². The Labute approximate surface area is 94.4 Å². The summed E-state index contributed by atoms with van der Waals surface area (Å²) >= 11 is 0. The van der Waals surface area contributed by atoms with E-state index in [9.17, 15) is 0 Å². The molecule has 0 N–H and O–H groups in total. The number of hydrogen-bond acceptors (Lipinski definition) is 2. The Morgan fingerprint density at radius 1 is 0.938 bits per heavy atom. The second kappa shape index (κ2) is 3.99. The third-order valence-corrected chi connectivity index (χ3v) is 2.57. The van der Waals surface area contributed by atoms with Crippen LogP contribution in [0.25, 0.3) is 0 Å². The molecular formula is C14H12O2. The molecule has 0 aliphatic carbocycles. The average molecular weight is 212 g/mol. The van der Waals surface area contributed by atoms with Gasteiger partial charge < -0.3 is 9.47 Å². The molecule has 1 fully saturated rings. The van der Waals surface area contributed by atoms with Crippen molar-refractivity contribution in [3.05, 3.63) is 60.2 Å². The van der Waals surface area contributed by atoms with Crippen molar-refractivity contribution in [2.45, 2.75) is 6.10 Å². The van der Waals surface area contributed by atoms with Crippen LogP contribution in [0.5, 0.6) is 11.5 Å². The van der Waals surface area contributed by atoms with Crippen LogP contribution in [0.2, 0.25) is 0 Å². The predicted octanol–water partition coefficient (Wildman–Crippen LogP) is 3.55. The van der Waals surface area contributed by atoms with Crippen LogP contribution in [0.3, 0.4) is 0 Å². The Morgan fingerprint density at radius 2 is 1.62 bits per heavy atom. The molecule has 1 unspecified atom stereocenters. The Kier molecular flexibility index (Phi) is 2.35. The Hall–Kier alpha value is -1.80. The number of benzene rings is 2. The zero-order valence-corrected chi connectivity index (χ0v) is 8.80. The molecule has 1 aliphatic heterocycles. The Bertz CT molecular complexity index is 475. The monoisotopic (exact) mass is 212 g/mol. The van der Waals surface area contributed by atoms with Crippen LogP contribution in [0.1, 0.15) is 11.7 Å². The fourth-order valence-electron chi connectivity index (χ4n) is 1.68. The number of para-hydroxylation sites is 2. The molecule has 0 amide bonds. The lowest BCUT2D eigenvalue weighted by Crippen LogP contribution is -1.89. The molecule has 1 atom stereocenters. The highest BCUT2D eigenvalue weighted by Crippen LogP contribution is 2.37. The van der Waals surface area contributed by atoms with Crippen LogP contribution < -0.4 is 4.74 Å². The van der Waals surface area contributed by atoms with E-state index < -0.39 is 0 Å². The molecule has 1 heterocycles. The summed E-state index contributed by atoms with van der Waals surface area (Å²) in [5, 5.41) is 0. The van der Waals surface area contributed by atoms with Gasteiger partial charge in [-0.15, -0.1) is 0 Å². The van der Waals surface area contributed by atoms with Gasteiger partial charge in [-0.3, -0.25) is 0 Å². The zero-order valence-electron chi connectivity index (χ0n) is 8.80. The quantitative estimate of drug-likeness (QED) is 0.726. The van der Waals surface area contributed by atoms with Gasteiger partial charge in [-0.25, -0.2) is 0 Å². The van der Waals surface area contributed by atoms with E-state index in [0.29, 0.717) is 0 Å². The topological polar surface area (TPSA) is 21.8 Å². The molecule has 1 aliphatic rings. The van der Waals surface area contributed by atoms with Crippen LogP contribution in [-0.2, 0) is 4.74 Å². The molecule has 0 saturated carbocycles. The van der Waals surface area contributed by atoms with Gasteiger partial charge in [0.05, 0.1) is 6.61 Å². The van der Waals surface area contributed by atoms with E-state index in [-0.39, 0.29) is 6.10 Å². The molecule has 0 spiro atoms. The van der Waals surface area contributed by atoms with E-state index >= 15 is 0 Å². The van der Waals surface area contributed by atoms with Crippen molar-refractivity contribution in [3.63, 3.8) is 0 Å². The minimum atomic E-state index is 0.222. The molecule has 1 saturated heterocycles. The van der Waals surface area contributed by atoms with Gasteiger partial charge in [0, 0.05) is 5.56 Å². The molecule has 2 nitrogen and oxygen atoms in total. The first kappa shape index (κ1) is 9.43. The number of hydrogen-bond donors (Lipinski definition) is 0. The van der Waals surface area contributed by atoms with E-state index in [1.807, 2.05) is 48.5 Å². The second-order valence-corrected chi connectivity index (χ2v) is 3.77. The molecular weight excluding hydrogens is 200 g/mol. The molecule has 2 aromatic rings. The van der Waals surface area contributed by atoms with Crippen molar-refractivity contribution in [3.8, 4) is 11.5 Å². The molecule has 0 bridgehead atoms. The first-order valence-electron chi connectivity index (χ1n) is 5.37. The van der Waals surface area contributed by atoms with Gasteiger partial charge in [-0.05, 0) is 18.2 Å². The van der Waals surface area contributed by atoms with E-state index in [1.54, 1.807) is 0 Å². The van der Waals surface area contributed by atoms with Crippen molar-refractivity contribution in [1.82, 2.24) is 0 Å². The van der Waals surface area contributed by atoms with Crippen molar-refractivity contribution < 1.29 is 9.47 Å². The lowest BCUT2D eigenvalue weighted by molar-refractivity contribution is 0.403.